The average Bonchev–Trinajstić information content (AvgIpc) is 2.93. The maximum Gasteiger partial charge on any atom is 0.103 e. The summed E-state index contributed by atoms with van der Waals surface area (Å²) >= 11 is 0. The molecule has 0 radical (unpaired) electrons. The molecule has 1 heterocycles. The smallest absolute Gasteiger partial charge is 0.103 e. The van der Waals surface area contributed by atoms with Gasteiger partial charge in [0.05, 0.1) is 0 Å². The molecule has 0 aliphatic rings. The highest BCUT2D eigenvalue weighted by molar-refractivity contribution is 5.19. The van der Waals surface area contributed by atoms with E-state index >= 15 is 0 Å². The van der Waals surface area contributed by atoms with Crippen LogP contribution in [-0.2, 0) is 6.54 Å². The summed E-state index contributed by atoms with van der Waals surface area (Å²) in [6, 6.07) is 11.1. The van der Waals surface area contributed by atoms with Gasteiger partial charge in [0.2, 0.25) is 0 Å². The number of aryl methyl sites for hydroxylation is 1. The minimum Gasteiger partial charge on any atom is -0.345 e. The second-order valence-corrected chi connectivity index (χ2v) is 5.27. The Morgan fingerprint density at radius 1 is 1.19 bits per heavy atom. The van der Waals surface area contributed by atoms with Crippen LogP contribution in [0.3, 0.4) is 0 Å². The third-order valence-electron chi connectivity index (χ3n) is 3.85. The first-order valence-electron chi connectivity index (χ1n) is 7.74. The number of nitrogens with one attached hydrogen (secondary N) is 2. The normalized spacial score (nSPS) is 12.8. The third-order valence-corrected chi connectivity index (χ3v) is 3.85. The summed E-state index contributed by atoms with van der Waals surface area (Å²) in [6.45, 7) is 10.3. The molecule has 0 amide bonds. The van der Waals surface area contributed by atoms with Gasteiger partial charge in [0.25, 0.3) is 0 Å². The quantitative estimate of drug-likeness (QED) is 0.784. The molecule has 4 nitrogen and oxygen atoms in total. The summed E-state index contributed by atoms with van der Waals surface area (Å²) in [6.07, 6.45) is 1.90. The molecule has 114 valence electrons. The van der Waals surface area contributed by atoms with Gasteiger partial charge in [-0.2, -0.15) is 0 Å². The Hall–Kier alpha value is -1.65. The number of aromatic amines is 1. The van der Waals surface area contributed by atoms with Crippen LogP contribution in [0.5, 0.6) is 0 Å². The van der Waals surface area contributed by atoms with Crippen molar-refractivity contribution in [3.05, 3.63) is 53.6 Å². The van der Waals surface area contributed by atoms with E-state index in [9.17, 15) is 0 Å². The van der Waals surface area contributed by atoms with E-state index in [1.807, 2.05) is 13.1 Å². The second kappa shape index (κ2) is 7.96. The summed E-state index contributed by atoms with van der Waals surface area (Å²) in [5.41, 5.74) is 2.51. The Balaban J connectivity index is 1.99. The van der Waals surface area contributed by atoms with Crippen LogP contribution in [0.2, 0.25) is 0 Å². The van der Waals surface area contributed by atoms with Crippen LogP contribution in [0.25, 0.3) is 0 Å². The van der Waals surface area contributed by atoms with Crippen LogP contribution in [0, 0.1) is 6.92 Å². The lowest BCUT2D eigenvalue weighted by Gasteiger charge is -2.30. The van der Waals surface area contributed by atoms with Gasteiger partial charge in [-0.05, 0) is 25.6 Å². The number of likely N-dealkylation sites (N-methyl/N-ethyl adjacent to an activating group) is 1. The van der Waals surface area contributed by atoms with E-state index in [-0.39, 0.29) is 0 Å². The average molecular weight is 286 g/mol. The van der Waals surface area contributed by atoms with E-state index in [2.05, 4.69) is 64.4 Å². The van der Waals surface area contributed by atoms with Gasteiger partial charge in [-0.25, -0.2) is 4.98 Å². The highest BCUT2D eigenvalue weighted by Crippen LogP contribution is 2.19. The SMILES string of the molecule is CCN(CC)C(CNCc1cnc(C)[nH]1)c1ccccc1. The van der Waals surface area contributed by atoms with Gasteiger partial charge in [-0.1, -0.05) is 44.2 Å². The fraction of sp³-hybridized carbons (Fsp3) is 0.471. The van der Waals surface area contributed by atoms with Gasteiger partial charge < -0.3 is 10.3 Å². The van der Waals surface area contributed by atoms with Crippen molar-refractivity contribution in [3.8, 4) is 0 Å². The molecular weight excluding hydrogens is 260 g/mol. The Morgan fingerprint density at radius 2 is 1.90 bits per heavy atom. The van der Waals surface area contributed by atoms with Crippen LogP contribution in [0.15, 0.2) is 36.5 Å². The predicted molar refractivity (Wildman–Crippen MR) is 87.1 cm³/mol. The first-order valence-corrected chi connectivity index (χ1v) is 7.74. The molecule has 1 unspecified atom stereocenters. The second-order valence-electron chi connectivity index (χ2n) is 5.27. The molecule has 2 rings (SSSR count). The molecule has 1 aromatic heterocycles. The van der Waals surface area contributed by atoms with Crippen LogP contribution >= 0.6 is 0 Å². The zero-order valence-corrected chi connectivity index (χ0v) is 13.3. The van der Waals surface area contributed by atoms with Crippen molar-refractivity contribution in [2.45, 2.75) is 33.4 Å². The minimum atomic E-state index is 0.408. The predicted octanol–water partition coefficient (Wildman–Crippen LogP) is 2.89. The fourth-order valence-corrected chi connectivity index (χ4v) is 2.70. The van der Waals surface area contributed by atoms with Gasteiger partial charge in [0.1, 0.15) is 5.82 Å². The highest BCUT2D eigenvalue weighted by atomic mass is 15.2. The largest absolute Gasteiger partial charge is 0.345 e. The van der Waals surface area contributed by atoms with Gasteiger partial charge in [-0.15, -0.1) is 0 Å². The summed E-state index contributed by atoms with van der Waals surface area (Å²) < 4.78 is 0. The number of imidazole rings is 1. The van der Waals surface area contributed by atoms with E-state index in [0.717, 1.165) is 37.7 Å². The molecule has 2 aromatic rings. The summed E-state index contributed by atoms with van der Waals surface area (Å²) in [7, 11) is 0. The van der Waals surface area contributed by atoms with E-state index in [0.29, 0.717) is 6.04 Å². The summed E-state index contributed by atoms with van der Waals surface area (Å²) in [5, 5.41) is 3.55. The molecule has 0 aliphatic heterocycles. The Bertz CT molecular complexity index is 517. The first-order chi connectivity index (χ1) is 10.2. The van der Waals surface area contributed by atoms with Gasteiger partial charge in [0.15, 0.2) is 0 Å². The molecule has 0 bridgehead atoms. The third kappa shape index (κ3) is 4.41. The molecule has 0 aliphatic carbocycles. The number of benzene rings is 1. The van der Waals surface area contributed by atoms with Crippen molar-refractivity contribution < 1.29 is 0 Å². The molecule has 21 heavy (non-hydrogen) atoms. The van der Waals surface area contributed by atoms with Gasteiger partial charge in [0, 0.05) is 31.0 Å². The van der Waals surface area contributed by atoms with Crippen molar-refractivity contribution in [2.24, 2.45) is 0 Å². The number of hydrogen-bond acceptors (Lipinski definition) is 3. The van der Waals surface area contributed by atoms with Gasteiger partial charge >= 0.3 is 0 Å². The molecule has 0 spiro atoms. The van der Waals surface area contributed by atoms with Crippen LogP contribution in [-0.4, -0.2) is 34.5 Å². The van der Waals surface area contributed by atoms with Crippen molar-refractivity contribution >= 4 is 0 Å². The lowest BCUT2D eigenvalue weighted by Crippen LogP contribution is -2.35. The molecule has 4 heteroatoms. The van der Waals surface area contributed by atoms with Crippen molar-refractivity contribution in [3.63, 3.8) is 0 Å². The maximum atomic E-state index is 4.23. The van der Waals surface area contributed by atoms with Crippen molar-refractivity contribution in [1.29, 1.82) is 0 Å². The number of nitrogens with zero attached hydrogens (tertiary/aromatic N) is 2. The number of rotatable bonds is 8. The van der Waals surface area contributed by atoms with E-state index in [1.54, 1.807) is 0 Å². The Labute approximate surface area is 127 Å². The summed E-state index contributed by atoms with van der Waals surface area (Å²) in [5.74, 6) is 0.968. The topological polar surface area (TPSA) is 44.0 Å². The van der Waals surface area contributed by atoms with E-state index < -0.39 is 0 Å². The van der Waals surface area contributed by atoms with E-state index in [1.165, 1.54) is 5.56 Å². The Kier molecular flexibility index (Phi) is 5.96. The monoisotopic (exact) mass is 286 g/mol. The zero-order valence-electron chi connectivity index (χ0n) is 13.3. The lowest BCUT2D eigenvalue weighted by atomic mass is 10.1. The lowest BCUT2D eigenvalue weighted by molar-refractivity contribution is 0.213. The summed E-state index contributed by atoms with van der Waals surface area (Å²) in [4.78, 5) is 9.98. The molecule has 1 atom stereocenters. The zero-order chi connectivity index (χ0) is 15.1. The highest BCUT2D eigenvalue weighted by Gasteiger charge is 2.17. The number of hydrogen-bond donors (Lipinski definition) is 2. The standard InChI is InChI=1S/C17H26N4/c1-4-21(5-2)17(15-9-7-6-8-10-15)13-18-11-16-12-19-14(3)20-16/h6-10,12,17-18H,4-5,11,13H2,1-3H3,(H,19,20). The molecular formula is C17H26N4. The van der Waals surface area contributed by atoms with Crippen molar-refractivity contribution in [1.82, 2.24) is 20.2 Å². The van der Waals surface area contributed by atoms with Crippen LogP contribution in [0.1, 0.15) is 37.0 Å². The van der Waals surface area contributed by atoms with Crippen molar-refractivity contribution in [2.75, 3.05) is 19.6 Å². The molecule has 2 N–H and O–H groups in total. The maximum absolute atomic E-state index is 4.23. The number of aromatic nitrogens is 2. The van der Waals surface area contributed by atoms with Crippen LogP contribution < -0.4 is 5.32 Å². The van der Waals surface area contributed by atoms with E-state index in [4.69, 9.17) is 0 Å². The van der Waals surface area contributed by atoms with Gasteiger partial charge in [-0.3, -0.25) is 4.90 Å². The number of H-pyrrole nitrogens is 1. The molecule has 0 saturated heterocycles. The Morgan fingerprint density at radius 3 is 2.48 bits per heavy atom. The van der Waals surface area contributed by atoms with Crippen LogP contribution in [0.4, 0.5) is 0 Å². The fourth-order valence-electron chi connectivity index (χ4n) is 2.70. The first kappa shape index (κ1) is 15.7. The molecule has 0 fully saturated rings. The minimum absolute atomic E-state index is 0.408. The molecule has 0 saturated carbocycles. The molecule has 1 aromatic carbocycles.